The van der Waals surface area contributed by atoms with Crippen molar-refractivity contribution in [2.75, 3.05) is 14.1 Å². The summed E-state index contributed by atoms with van der Waals surface area (Å²) in [5.74, 6) is -0.338. The summed E-state index contributed by atoms with van der Waals surface area (Å²) >= 11 is 0. The van der Waals surface area contributed by atoms with Crippen molar-refractivity contribution >= 4 is 18.3 Å². The van der Waals surface area contributed by atoms with E-state index in [1.807, 2.05) is 20.2 Å². The molecule has 3 nitrogen and oxygen atoms in total. The van der Waals surface area contributed by atoms with Crippen LogP contribution in [0.15, 0.2) is 11.6 Å². The van der Waals surface area contributed by atoms with Crippen LogP contribution >= 0.6 is 12.4 Å². The lowest BCUT2D eigenvalue weighted by atomic mass is 10.1. The number of carbonyl (C=O) groups excluding carboxylic acids is 1. The summed E-state index contributed by atoms with van der Waals surface area (Å²) in [6.07, 6.45) is 2.89. The Hall–Kier alpha value is -0.540. The SMILES string of the molecule is CCC(/C=C(\C)C(N)=O)N(C)C.Cl. The summed E-state index contributed by atoms with van der Waals surface area (Å²) in [7, 11) is 3.97. The van der Waals surface area contributed by atoms with E-state index in [1.165, 1.54) is 0 Å². The van der Waals surface area contributed by atoms with Crippen molar-refractivity contribution in [3.05, 3.63) is 11.6 Å². The molecule has 0 aliphatic heterocycles. The first-order valence-electron chi connectivity index (χ1n) is 4.13. The van der Waals surface area contributed by atoms with Crippen LogP contribution in [0.3, 0.4) is 0 Å². The minimum absolute atomic E-state index is 0. The lowest BCUT2D eigenvalue weighted by Crippen LogP contribution is -2.26. The van der Waals surface area contributed by atoms with Gasteiger partial charge >= 0.3 is 0 Å². The van der Waals surface area contributed by atoms with Crippen molar-refractivity contribution in [1.82, 2.24) is 4.90 Å². The van der Waals surface area contributed by atoms with Crippen LogP contribution in [0, 0.1) is 0 Å². The fourth-order valence-corrected chi connectivity index (χ4v) is 1.00. The molecule has 0 saturated carbocycles. The van der Waals surface area contributed by atoms with E-state index in [0.717, 1.165) is 6.42 Å². The highest BCUT2D eigenvalue weighted by Crippen LogP contribution is 2.04. The average molecular weight is 207 g/mol. The fraction of sp³-hybridized carbons (Fsp3) is 0.667. The number of nitrogens with zero attached hydrogens (tertiary/aromatic N) is 1. The third kappa shape index (κ3) is 5.66. The molecule has 0 rings (SSSR count). The molecule has 0 heterocycles. The Kier molecular flexibility index (Phi) is 7.96. The fourth-order valence-electron chi connectivity index (χ4n) is 1.00. The highest BCUT2D eigenvalue weighted by Gasteiger charge is 2.07. The lowest BCUT2D eigenvalue weighted by molar-refractivity contribution is -0.114. The first-order chi connectivity index (χ1) is 5.49. The molecule has 4 heteroatoms. The number of hydrogen-bond acceptors (Lipinski definition) is 2. The van der Waals surface area contributed by atoms with Gasteiger partial charge in [-0.15, -0.1) is 12.4 Å². The van der Waals surface area contributed by atoms with Gasteiger partial charge in [-0.25, -0.2) is 0 Å². The van der Waals surface area contributed by atoms with Crippen molar-refractivity contribution in [3.8, 4) is 0 Å². The normalized spacial score (nSPS) is 13.8. The van der Waals surface area contributed by atoms with Crippen molar-refractivity contribution < 1.29 is 4.79 Å². The highest BCUT2D eigenvalue weighted by molar-refractivity contribution is 5.91. The van der Waals surface area contributed by atoms with Gasteiger partial charge in [0.25, 0.3) is 0 Å². The summed E-state index contributed by atoms with van der Waals surface area (Å²) < 4.78 is 0. The molecule has 1 unspecified atom stereocenters. The van der Waals surface area contributed by atoms with E-state index in [2.05, 4.69) is 11.8 Å². The number of amides is 1. The maximum Gasteiger partial charge on any atom is 0.244 e. The second kappa shape index (κ2) is 6.92. The zero-order valence-corrected chi connectivity index (χ0v) is 9.52. The van der Waals surface area contributed by atoms with E-state index in [-0.39, 0.29) is 18.3 Å². The molecule has 0 bridgehead atoms. The van der Waals surface area contributed by atoms with Crippen molar-refractivity contribution in [1.29, 1.82) is 0 Å². The zero-order valence-electron chi connectivity index (χ0n) is 8.70. The summed E-state index contributed by atoms with van der Waals surface area (Å²) in [5.41, 5.74) is 5.75. The Labute approximate surface area is 86.4 Å². The molecule has 0 aliphatic rings. The molecule has 0 fully saturated rings. The van der Waals surface area contributed by atoms with Crippen LogP contribution in [0.5, 0.6) is 0 Å². The van der Waals surface area contributed by atoms with Gasteiger partial charge in [0.15, 0.2) is 0 Å². The van der Waals surface area contributed by atoms with Crippen LogP contribution in [-0.2, 0) is 4.79 Å². The largest absolute Gasteiger partial charge is 0.366 e. The maximum atomic E-state index is 10.7. The van der Waals surface area contributed by atoms with Crippen molar-refractivity contribution in [2.24, 2.45) is 5.73 Å². The molecular weight excluding hydrogens is 188 g/mol. The minimum atomic E-state index is -0.338. The van der Waals surface area contributed by atoms with Crippen LogP contribution < -0.4 is 5.73 Å². The molecular formula is C9H19ClN2O. The second-order valence-electron chi connectivity index (χ2n) is 3.15. The first-order valence-corrected chi connectivity index (χ1v) is 4.13. The molecule has 13 heavy (non-hydrogen) atoms. The van der Waals surface area contributed by atoms with Crippen LogP contribution in [0.4, 0.5) is 0 Å². The number of hydrogen-bond donors (Lipinski definition) is 1. The Morgan fingerprint density at radius 3 is 2.23 bits per heavy atom. The van der Waals surface area contributed by atoms with E-state index in [1.54, 1.807) is 6.92 Å². The lowest BCUT2D eigenvalue weighted by Gasteiger charge is -2.19. The molecule has 0 aromatic rings. The smallest absolute Gasteiger partial charge is 0.244 e. The average Bonchev–Trinajstić information content (AvgIpc) is 1.98. The Bertz CT molecular complexity index is 190. The van der Waals surface area contributed by atoms with E-state index in [4.69, 9.17) is 5.73 Å². The van der Waals surface area contributed by atoms with Gasteiger partial charge in [-0.3, -0.25) is 4.79 Å². The number of halogens is 1. The molecule has 0 spiro atoms. The van der Waals surface area contributed by atoms with Crippen molar-refractivity contribution in [2.45, 2.75) is 26.3 Å². The van der Waals surface area contributed by atoms with Gasteiger partial charge in [0, 0.05) is 11.6 Å². The number of likely N-dealkylation sites (N-methyl/N-ethyl adjacent to an activating group) is 1. The predicted octanol–water partition coefficient (Wildman–Crippen LogP) is 1.18. The monoisotopic (exact) mass is 206 g/mol. The van der Waals surface area contributed by atoms with Gasteiger partial charge in [-0.05, 0) is 27.4 Å². The molecule has 1 amide bonds. The zero-order chi connectivity index (χ0) is 9.72. The topological polar surface area (TPSA) is 46.3 Å². The summed E-state index contributed by atoms with van der Waals surface area (Å²) in [6, 6.07) is 0.303. The quantitative estimate of drug-likeness (QED) is 0.703. The van der Waals surface area contributed by atoms with Gasteiger partial charge in [0.05, 0.1) is 0 Å². The standard InChI is InChI=1S/C9H18N2O.ClH/c1-5-8(11(3)4)6-7(2)9(10)12;/h6,8H,5H2,1-4H3,(H2,10,12);1H/b7-6+;. The Morgan fingerprint density at radius 1 is 1.54 bits per heavy atom. The van der Waals surface area contributed by atoms with Gasteiger partial charge in [-0.1, -0.05) is 13.0 Å². The van der Waals surface area contributed by atoms with Crippen LogP contribution in [-0.4, -0.2) is 30.9 Å². The van der Waals surface area contributed by atoms with Gasteiger partial charge < -0.3 is 10.6 Å². The van der Waals surface area contributed by atoms with Gasteiger partial charge in [0.1, 0.15) is 0 Å². The minimum Gasteiger partial charge on any atom is -0.366 e. The van der Waals surface area contributed by atoms with Crippen molar-refractivity contribution in [3.63, 3.8) is 0 Å². The molecule has 0 aromatic carbocycles. The molecule has 0 saturated heterocycles. The third-order valence-corrected chi connectivity index (χ3v) is 1.91. The molecule has 0 radical (unpaired) electrons. The number of carbonyl (C=O) groups is 1. The van der Waals surface area contributed by atoms with E-state index >= 15 is 0 Å². The maximum absolute atomic E-state index is 10.7. The molecule has 0 aliphatic carbocycles. The molecule has 0 aromatic heterocycles. The molecule has 78 valence electrons. The Balaban J connectivity index is 0. The first kappa shape index (κ1) is 15.0. The van der Waals surface area contributed by atoms with Crippen LogP contribution in [0.1, 0.15) is 20.3 Å². The van der Waals surface area contributed by atoms with E-state index in [0.29, 0.717) is 11.6 Å². The van der Waals surface area contributed by atoms with Crippen LogP contribution in [0.25, 0.3) is 0 Å². The second-order valence-corrected chi connectivity index (χ2v) is 3.15. The predicted molar refractivity (Wildman–Crippen MR) is 58.0 cm³/mol. The molecule has 1 atom stereocenters. The van der Waals surface area contributed by atoms with E-state index in [9.17, 15) is 4.79 Å². The van der Waals surface area contributed by atoms with Gasteiger partial charge in [-0.2, -0.15) is 0 Å². The summed E-state index contributed by atoms with van der Waals surface area (Å²) in [4.78, 5) is 12.8. The summed E-state index contributed by atoms with van der Waals surface area (Å²) in [5, 5.41) is 0. The number of primary amides is 1. The third-order valence-electron chi connectivity index (χ3n) is 1.91. The Morgan fingerprint density at radius 2 is 2.00 bits per heavy atom. The number of rotatable bonds is 4. The summed E-state index contributed by atoms with van der Waals surface area (Å²) in [6.45, 7) is 3.82. The molecule has 2 N–H and O–H groups in total. The highest BCUT2D eigenvalue weighted by atomic mass is 35.5. The number of nitrogens with two attached hydrogens (primary N) is 1. The van der Waals surface area contributed by atoms with Crippen LogP contribution in [0.2, 0.25) is 0 Å². The van der Waals surface area contributed by atoms with Gasteiger partial charge in [0.2, 0.25) is 5.91 Å². The van der Waals surface area contributed by atoms with E-state index < -0.39 is 0 Å².